The van der Waals surface area contributed by atoms with E-state index in [1.54, 1.807) is 30.7 Å². The molecular formula is C17H15N7O2. The smallest absolute Gasteiger partial charge is 0.252 e. The molecule has 130 valence electrons. The summed E-state index contributed by atoms with van der Waals surface area (Å²) in [5.74, 6) is 0.380. The third-order valence-electron chi connectivity index (χ3n) is 4.06. The lowest BCUT2D eigenvalue weighted by atomic mass is 9.95. The van der Waals surface area contributed by atoms with Crippen LogP contribution in [0.2, 0.25) is 0 Å². The summed E-state index contributed by atoms with van der Waals surface area (Å²) in [6, 6.07) is 6.66. The quantitative estimate of drug-likeness (QED) is 0.619. The first-order valence-corrected chi connectivity index (χ1v) is 8.05. The highest BCUT2D eigenvalue weighted by atomic mass is 16.2. The number of fused-ring (bicyclic) bond motifs is 1. The molecule has 0 spiro atoms. The van der Waals surface area contributed by atoms with Gasteiger partial charge >= 0.3 is 0 Å². The number of carbonyl (C=O) groups excluding carboxylic acids is 2. The van der Waals surface area contributed by atoms with Crippen molar-refractivity contribution in [2.24, 2.45) is 0 Å². The molecule has 0 fully saturated rings. The highest BCUT2D eigenvalue weighted by Crippen LogP contribution is 2.16. The maximum atomic E-state index is 12.4. The van der Waals surface area contributed by atoms with Gasteiger partial charge in [0.1, 0.15) is 17.6 Å². The zero-order chi connectivity index (χ0) is 17.9. The topological polar surface area (TPSA) is 126 Å². The Labute approximate surface area is 148 Å². The van der Waals surface area contributed by atoms with Crippen molar-refractivity contribution in [3.63, 3.8) is 0 Å². The van der Waals surface area contributed by atoms with Crippen molar-refractivity contribution >= 4 is 11.8 Å². The number of H-pyrrole nitrogens is 1. The molecule has 3 aromatic rings. The van der Waals surface area contributed by atoms with E-state index in [0.717, 1.165) is 5.56 Å². The summed E-state index contributed by atoms with van der Waals surface area (Å²) < 4.78 is 0. The van der Waals surface area contributed by atoms with Crippen LogP contribution in [0.1, 0.15) is 21.7 Å². The molecule has 2 amide bonds. The molecule has 9 heteroatoms. The summed E-state index contributed by atoms with van der Waals surface area (Å²) in [6.07, 6.45) is 5.13. The number of aromatic amines is 1. The van der Waals surface area contributed by atoms with Gasteiger partial charge in [0.2, 0.25) is 11.7 Å². The predicted octanol–water partition coefficient (Wildman–Crippen LogP) is 0.233. The van der Waals surface area contributed by atoms with E-state index >= 15 is 0 Å². The molecule has 0 radical (unpaired) electrons. The normalized spacial score (nSPS) is 15.8. The molecule has 3 heterocycles. The molecule has 1 aromatic carbocycles. The van der Waals surface area contributed by atoms with Crippen molar-refractivity contribution in [1.82, 2.24) is 35.8 Å². The van der Waals surface area contributed by atoms with Crippen LogP contribution in [0.15, 0.2) is 42.9 Å². The lowest BCUT2D eigenvalue weighted by Crippen LogP contribution is -2.50. The third kappa shape index (κ3) is 3.14. The zero-order valence-corrected chi connectivity index (χ0v) is 13.6. The molecule has 1 aliphatic heterocycles. The second-order valence-electron chi connectivity index (χ2n) is 5.80. The zero-order valence-electron chi connectivity index (χ0n) is 13.6. The predicted molar refractivity (Wildman–Crippen MR) is 90.7 cm³/mol. The highest BCUT2D eigenvalue weighted by molar-refractivity contribution is 6.00. The molecule has 0 unspecified atom stereocenters. The molecule has 26 heavy (non-hydrogen) atoms. The Morgan fingerprint density at radius 1 is 1.27 bits per heavy atom. The van der Waals surface area contributed by atoms with Gasteiger partial charge in [-0.3, -0.25) is 19.7 Å². The van der Waals surface area contributed by atoms with E-state index in [-0.39, 0.29) is 18.4 Å². The second kappa shape index (κ2) is 6.71. The van der Waals surface area contributed by atoms with Crippen LogP contribution in [0.3, 0.4) is 0 Å². The van der Waals surface area contributed by atoms with Crippen molar-refractivity contribution in [2.45, 2.75) is 19.0 Å². The van der Waals surface area contributed by atoms with Crippen molar-refractivity contribution in [2.75, 3.05) is 0 Å². The van der Waals surface area contributed by atoms with Crippen LogP contribution in [-0.2, 0) is 17.8 Å². The fraction of sp³-hybridized carbons (Fsp3) is 0.176. The van der Waals surface area contributed by atoms with Crippen LogP contribution in [-0.4, -0.2) is 43.0 Å². The Kier molecular flexibility index (Phi) is 4.10. The number of hydrogen-bond donors (Lipinski definition) is 3. The second-order valence-corrected chi connectivity index (χ2v) is 5.80. The largest absolute Gasteiger partial charge is 0.347 e. The van der Waals surface area contributed by atoms with Gasteiger partial charge in [-0.25, -0.2) is 9.97 Å². The van der Waals surface area contributed by atoms with Gasteiger partial charge in [0.25, 0.3) is 5.91 Å². The molecule has 1 atom stereocenters. The molecule has 0 saturated carbocycles. The van der Waals surface area contributed by atoms with Gasteiger partial charge in [0, 0.05) is 24.4 Å². The Morgan fingerprint density at radius 2 is 2.15 bits per heavy atom. The SMILES string of the molecule is O=C1N[C@H](C(=O)NCc2nc(-c3cnccn3)n[nH]2)Cc2ccccc21. The molecule has 0 bridgehead atoms. The fourth-order valence-electron chi connectivity index (χ4n) is 2.78. The summed E-state index contributed by atoms with van der Waals surface area (Å²) >= 11 is 0. The molecule has 3 N–H and O–H groups in total. The van der Waals surface area contributed by atoms with Gasteiger partial charge < -0.3 is 10.6 Å². The summed E-state index contributed by atoms with van der Waals surface area (Å²) in [7, 11) is 0. The fourth-order valence-corrected chi connectivity index (χ4v) is 2.78. The van der Waals surface area contributed by atoms with E-state index in [2.05, 4.69) is 35.8 Å². The first-order valence-electron chi connectivity index (χ1n) is 8.05. The summed E-state index contributed by atoms with van der Waals surface area (Å²) in [5, 5.41) is 12.3. The van der Waals surface area contributed by atoms with Crippen molar-refractivity contribution in [3.05, 3.63) is 59.8 Å². The average molecular weight is 349 g/mol. The summed E-state index contributed by atoms with van der Waals surface area (Å²) in [4.78, 5) is 36.9. The van der Waals surface area contributed by atoms with Gasteiger partial charge in [-0.15, -0.1) is 0 Å². The molecular weight excluding hydrogens is 334 g/mol. The van der Waals surface area contributed by atoms with Crippen LogP contribution >= 0.6 is 0 Å². The minimum atomic E-state index is -0.611. The third-order valence-corrected chi connectivity index (χ3v) is 4.06. The summed E-state index contributed by atoms with van der Waals surface area (Å²) in [5.41, 5.74) is 2.01. The molecule has 0 saturated heterocycles. The number of benzene rings is 1. The van der Waals surface area contributed by atoms with E-state index in [4.69, 9.17) is 0 Å². The van der Waals surface area contributed by atoms with E-state index in [1.807, 2.05) is 12.1 Å². The number of nitrogens with one attached hydrogen (secondary N) is 3. The monoisotopic (exact) mass is 349 g/mol. The number of carbonyl (C=O) groups is 2. The van der Waals surface area contributed by atoms with E-state index in [9.17, 15) is 9.59 Å². The minimum absolute atomic E-state index is 0.167. The Morgan fingerprint density at radius 3 is 3.00 bits per heavy atom. The molecule has 1 aliphatic rings. The Bertz CT molecular complexity index is 955. The molecule has 4 rings (SSSR count). The lowest BCUT2D eigenvalue weighted by Gasteiger charge is -2.24. The van der Waals surface area contributed by atoms with Crippen molar-refractivity contribution < 1.29 is 9.59 Å². The number of nitrogens with zero attached hydrogens (tertiary/aromatic N) is 4. The van der Waals surface area contributed by atoms with Crippen LogP contribution < -0.4 is 10.6 Å². The van der Waals surface area contributed by atoms with E-state index in [1.165, 1.54) is 0 Å². The minimum Gasteiger partial charge on any atom is -0.347 e. The standard InChI is InChI=1S/C17H15N7O2/c25-16-11-4-2-1-3-10(11)7-12(21-16)17(26)20-9-14-22-15(24-23-14)13-8-18-5-6-19-13/h1-6,8,12H,7,9H2,(H,20,26)(H,21,25)(H,22,23,24)/t12-/m0/s1. The first kappa shape index (κ1) is 15.9. The van der Waals surface area contributed by atoms with Crippen molar-refractivity contribution in [1.29, 1.82) is 0 Å². The molecule has 2 aromatic heterocycles. The number of aromatic nitrogens is 5. The van der Waals surface area contributed by atoms with E-state index < -0.39 is 6.04 Å². The maximum absolute atomic E-state index is 12.4. The van der Waals surface area contributed by atoms with Gasteiger partial charge in [0.15, 0.2) is 0 Å². The Hall–Kier alpha value is -3.62. The summed E-state index contributed by atoms with van der Waals surface area (Å²) in [6.45, 7) is 0.167. The van der Waals surface area contributed by atoms with E-state index in [0.29, 0.717) is 29.3 Å². The number of hydrogen-bond acceptors (Lipinski definition) is 6. The highest BCUT2D eigenvalue weighted by Gasteiger charge is 2.28. The number of rotatable bonds is 4. The van der Waals surface area contributed by atoms with Gasteiger partial charge in [-0.2, -0.15) is 5.10 Å². The van der Waals surface area contributed by atoms with Gasteiger partial charge in [0.05, 0.1) is 12.7 Å². The van der Waals surface area contributed by atoms with Crippen LogP contribution in [0.4, 0.5) is 0 Å². The lowest BCUT2D eigenvalue weighted by molar-refractivity contribution is -0.123. The van der Waals surface area contributed by atoms with Crippen molar-refractivity contribution in [3.8, 4) is 11.5 Å². The Balaban J connectivity index is 1.39. The average Bonchev–Trinajstić information content (AvgIpc) is 3.16. The maximum Gasteiger partial charge on any atom is 0.252 e. The van der Waals surface area contributed by atoms with Gasteiger partial charge in [-0.1, -0.05) is 18.2 Å². The van der Waals surface area contributed by atoms with Crippen LogP contribution in [0.25, 0.3) is 11.5 Å². The van der Waals surface area contributed by atoms with Crippen LogP contribution in [0.5, 0.6) is 0 Å². The molecule has 9 nitrogen and oxygen atoms in total. The van der Waals surface area contributed by atoms with Gasteiger partial charge in [-0.05, 0) is 11.6 Å². The molecule has 0 aliphatic carbocycles. The first-order chi connectivity index (χ1) is 12.7. The number of amides is 2. The van der Waals surface area contributed by atoms with Crippen LogP contribution in [0, 0.1) is 0 Å².